The SMILES string of the molecule is CCC(C)NS(=O)(=O)CCNc1nc(N2CC(NC)C2)nc2cc(Cl)nn12. The Balaban J connectivity index is 1.73. The van der Waals surface area contributed by atoms with Crippen LogP contribution < -0.4 is 20.3 Å². The predicted octanol–water partition coefficient (Wildman–Crippen LogP) is 0.316. The van der Waals surface area contributed by atoms with Crippen molar-refractivity contribution in [3.63, 3.8) is 0 Å². The Labute approximate surface area is 163 Å². The molecule has 12 heteroatoms. The molecule has 10 nitrogen and oxygen atoms in total. The van der Waals surface area contributed by atoms with E-state index in [2.05, 4.69) is 30.4 Å². The maximum Gasteiger partial charge on any atom is 0.230 e. The summed E-state index contributed by atoms with van der Waals surface area (Å²) in [5, 5.41) is 10.7. The van der Waals surface area contributed by atoms with Crippen LogP contribution in [0.1, 0.15) is 20.3 Å². The van der Waals surface area contributed by atoms with Crippen molar-refractivity contribution in [2.75, 3.05) is 42.7 Å². The summed E-state index contributed by atoms with van der Waals surface area (Å²) in [6.45, 7) is 5.57. The number of nitrogens with one attached hydrogen (secondary N) is 3. The van der Waals surface area contributed by atoms with E-state index in [1.165, 1.54) is 4.52 Å². The molecule has 1 aliphatic rings. The summed E-state index contributed by atoms with van der Waals surface area (Å²) < 4.78 is 28.3. The van der Waals surface area contributed by atoms with Crippen LogP contribution in [-0.4, -0.2) is 72.5 Å². The van der Waals surface area contributed by atoms with Crippen molar-refractivity contribution in [1.82, 2.24) is 29.6 Å². The van der Waals surface area contributed by atoms with Crippen LogP contribution in [0, 0.1) is 0 Å². The van der Waals surface area contributed by atoms with Crippen molar-refractivity contribution < 1.29 is 8.42 Å². The smallest absolute Gasteiger partial charge is 0.230 e. The molecule has 3 N–H and O–H groups in total. The highest BCUT2D eigenvalue weighted by molar-refractivity contribution is 7.89. The molecular formula is C15H25ClN8O2S. The van der Waals surface area contributed by atoms with Gasteiger partial charge in [-0.15, -0.1) is 0 Å². The molecule has 2 aromatic heterocycles. The number of fused-ring (bicyclic) bond motifs is 1. The zero-order valence-corrected chi connectivity index (χ0v) is 17.2. The summed E-state index contributed by atoms with van der Waals surface area (Å²) in [5.74, 6) is 0.904. The molecule has 3 heterocycles. The minimum absolute atomic E-state index is 0.0707. The minimum atomic E-state index is -3.37. The molecule has 1 atom stereocenters. The maximum absolute atomic E-state index is 12.1. The summed E-state index contributed by atoms with van der Waals surface area (Å²) in [6.07, 6.45) is 0.734. The first kappa shape index (κ1) is 20.1. The van der Waals surface area contributed by atoms with Gasteiger partial charge >= 0.3 is 0 Å². The lowest BCUT2D eigenvalue weighted by molar-refractivity contribution is 0.443. The van der Waals surface area contributed by atoms with Crippen molar-refractivity contribution in [2.45, 2.75) is 32.4 Å². The third-order valence-corrected chi connectivity index (χ3v) is 6.19. The Morgan fingerprint density at radius 1 is 1.37 bits per heavy atom. The molecule has 1 saturated heterocycles. The topological polar surface area (TPSA) is 117 Å². The lowest BCUT2D eigenvalue weighted by Gasteiger charge is -2.39. The molecule has 0 bridgehead atoms. The zero-order chi connectivity index (χ0) is 19.6. The van der Waals surface area contributed by atoms with Crippen LogP contribution in [0.4, 0.5) is 11.9 Å². The molecule has 3 rings (SSSR count). The summed E-state index contributed by atoms with van der Waals surface area (Å²) in [6, 6.07) is 1.96. The van der Waals surface area contributed by atoms with Crippen LogP contribution in [-0.2, 0) is 10.0 Å². The zero-order valence-electron chi connectivity index (χ0n) is 15.6. The third kappa shape index (κ3) is 4.78. The monoisotopic (exact) mass is 416 g/mol. The van der Waals surface area contributed by atoms with Gasteiger partial charge in [0.05, 0.1) is 5.75 Å². The predicted molar refractivity (Wildman–Crippen MR) is 106 cm³/mol. The molecule has 0 amide bonds. The van der Waals surface area contributed by atoms with Gasteiger partial charge in [-0.1, -0.05) is 18.5 Å². The first-order valence-electron chi connectivity index (χ1n) is 8.90. The first-order valence-corrected chi connectivity index (χ1v) is 10.9. The molecule has 1 unspecified atom stereocenters. The number of anilines is 2. The van der Waals surface area contributed by atoms with E-state index in [0.717, 1.165) is 19.5 Å². The number of hydrogen-bond donors (Lipinski definition) is 3. The molecule has 27 heavy (non-hydrogen) atoms. The van der Waals surface area contributed by atoms with Gasteiger partial charge < -0.3 is 15.5 Å². The van der Waals surface area contributed by atoms with E-state index in [9.17, 15) is 8.42 Å². The minimum Gasteiger partial charge on any atom is -0.353 e. The number of aromatic nitrogens is 4. The Morgan fingerprint density at radius 3 is 2.78 bits per heavy atom. The standard InChI is InChI=1S/C15H25ClN8O2S/c1-4-10(2)22-27(25,26)6-5-18-14-20-15(23-8-11(9-23)17-3)19-13-7-12(16)21-24(13)14/h7,10-11,17,22H,4-6,8-9H2,1-3H3,(H,18,19,20). The van der Waals surface area contributed by atoms with E-state index in [0.29, 0.717) is 28.7 Å². The van der Waals surface area contributed by atoms with Gasteiger partial charge in [0, 0.05) is 37.8 Å². The molecule has 0 saturated carbocycles. The van der Waals surface area contributed by atoms with Crippen LogP contribution >= 0.6 is 11.6 Å². The Morgan fingerprint density at radius 2 is 2.11 bits per heavy atom. The number of hydrogen-bond acceptors (Lipinski definition) is 8. The molecular weight excluding hydrogens is 392 g/mol. The van der Waals surface area contributed by atoms with Crippen molar-refractivity contribution in [1.29, 1.82) is 0 Å². The Hall–Kier alpha value is -1.69. The van der Waals surface area contributed by atoms with Crippen LogP contribution in [0.15, 0.2) is 6.07 Å². The molecule has 0 aromatic carbocycles. The van der Waals surface area contributed by atoms with Crippen molar-refractivity contribution in [3.05, 3.63) is 11.2 Å². The van der Waals surface area contributed by atoms with Gasteiger partial charge in [-0.05, 0) is 20.4 Å². The van der Waals surface area contributed by atoms with E-state index < -0.39 is 10.0 Å². The van der Waals surface area contributed by atoms with Crippen molar-refractivity contribution in [3.8, 4) is 0 Å². The number of halogens is 1. The molecule has 150 valence electrons. The summed E-state index contributed by atoms with van der Waals surface area (Å²) in [5.41, 5.74) is 0.556. The molecule has 0 spiro atoms. The van der Waals surface area contributed by atoms with E-state index in [1.807, 2.05) is 25.8 Å². The second-order valence-corrected chi connectivity index (χ2v) is 8.91. The molecule has 1 aliphatic heterocycles. The lowest BCUT2D eigenvalue weighted by Crippen LogP contribution is -2.57. The van der Waals surface area contributed by atoms with Gasteiger partial charge in [0.1, 0.15) is 0 Å². The summed E-state index contributed by atoms with van der Waals surface area (Å²) in [4.78, 5) is 11.0. The highest BCUT2D eigenvalue weighted by Crippen LogP contribution is 2.21. The highest BCUT2D eigenvalue weighted by Gasteiger charge is 2.28. The van der Waals surface area contributed by atoms with Crippen molar-refractivity contribution >= 4 is 39.2 Å². The van der Waals surface area contributed by atoms with E-state index >= 15 is 0 Å². The van der Waals surface area contributed by atoms with Gasteiger partial charge in [-0.25, -0.2) is 13.1 Å². The van der Waals surface area contributed by atoms with Crippen LogP contribution in [0.5, 0.6) is 0 Å². The second-order valence-electron chi connectivity index (χ2n) is 6.65. The lowest BCUT2D eigenvalue weighted by atomic mass is 10.1. The number of sulfonamides is 1. The quantitative estimate of drug-likeness (QED) is 0.535. The average Bonchev–Trinajstić information content (AvgIpc) is 2.93. The van der Waals surface area contributed by atoms with Gasteiger partial charge in [0.2, 0.25) is 21.9 Å². The van der Waals surface area contributed by atoms with Crippen LogP contribution in [0.2, 0.25) is 5.15 Å². The molecule has 2 aromatic rings. The molecule has 0 radical (unpaired) electrons. The molecule has 1 fully saturated rings. The van der Waals surface area contributed by atoms with Gasteiger partial charge in [-0.3, -0.25) is 0 Å². The largest absolute Gasteiger partial charge is 0.353 e. The Bertz CT molecular complexity index is 897. The maximum atomic E-state index is 12.1. The number of likely N-dealkylation sites (N-methyl/N-ethyl adjacent to an activating group) is 1. The van der Waals surface area contributed by atoms with E-state index in [-0.39, 0.29) is 18.3 Å². The summed E-state index contributed by atoms with van der Waals surface area (Å²) in [7, 11) is -1.45. The fraction of sp³-hybridized carbons (Fsp3) is 0.667. The molecule has 0 aliphatic carbocycles. The third-order valence-electron chi connectivity index (χ3n) is 4.50. The van der Waals surface area contributed by atoms with Crippen molar-refractivity contribution in [2.24, 2.45) is 0 Å². The van der Waals surface area contributed by atoms with E-state index in [1.54, 1.807) is 6.07 Å². The van der Waals surface area contributed by atoms with Gasteiger partial charge in [0.15, 0.2) is 10.8 Å². The van der Waals surface area contributed by atoms with Gasteiger partial charge in [-0.2, -0.15) is 19.6 Å². The number of rotatable bonds is 9. The van der Waals surface area contributed by atoms with Crippen LogP contribution in [0.25, 0.3) is 5.65 Å². The van der Waals surface area contributed by atoms with Crippen LogP contribution in [0.3, 0.4) is 0 Å². The van der Waals surface area contributed by atoms with Gasteiger partial charge in [0.25, 0.3) is 0 Å². The Kier molecular flexibility index (Phi) is 6.04. The second kappa shape index (κ2) is 8.13. The first-order chi connectivity index (χ1) is 12.8. The van der Waals surface area contributed by atoms with E-state index in [4.69, 9.17) is 11.6 Å². The normalized spacial score (nSPS) is 16.5. The summed E-state index contributed by atoms with van der Waals surface area (Å²) >= 11 is 6.00. The average molecular weight is 417 g/mol. The highest BCUT2D eigenvalue weighted by atomic mass is 35.5. The fourth-order valence-electron chi connectivity index (χ4n) is 2.67. The number of nitrogens with zero attached hydrogens (tertiary/aromatic N) is 5. The fourth-order valence-corrected chi connectivity index (χ4v) is 4.12.